The number of rotatable bonds is 2. The summed E-state index contributed by atoms with van der Waals surface area (Å²) in [7, 11) is 0. The summed E-state index contributed by atoms with van der Waals surface area (Å²) in [5.74, 6) is 6.23. The molecule has 0 spiro atoms. The SMILES string of the molecule is OCC#Cc1cccc(Oc2ccc(F)cc2)c1. The highest BCUT2D eigenvalue weighted by Crippen LogP contribution is 2.22. The third-order valence-corrected chi connectivity index (χ3v) is 2.20. The van der Waals surface area contributed by atoms with Crippen LogP contribution in [0.15, 0.2) is 48.5 Å². The minimum absolute atomic E-state index is 0.178. The van der Waals surface area contributed by atoms with Gasteiger partial charge in [-0.05, 0) is 42.5 Å². The molecule has 3 heteroatoms. The first-order valence-electron chi connectivity index (χ1n) is 5.41. The highest BCUT2D eigenvalue weighted by Gasteiger charge is 1.98. The molecular formula is C15H11FO2. The van der Waals surface area contributed by atoms with Crippen molar-refractivity contribution in [3.63, 3.8) is 0 Å². The molecule has 1 N–H and O–H groups in total. The first-order chi connectivity index (χ1) is 8.78. The van der Waals surface area contributed by atoms with Gasteiger partial charge in [0.15, 0.2) is 0 Å². The Hall–Kier alpha value is -2.31. The van der Waals surface area contributed by atoms with Gasteiger partial charge in [-0.25, -0.2) is 4.39 Å². The van der Waals surface area contributed by atoms with E-state index in [9.17, 15) is 4.39 Å². The molecular weight excluding hydrogens is 231 g/mol. The summed E-state index contributed by atoms with van der Waals surface area (Å²) in [6, 6.07) is 13.0. The Labute approximate surface area is 105 Å². The van der Waals surface area contributed by atoms with Gasteiger partial charge in [-0.2, -0.15) is 0 Å². The zero-order valence-electron chi connectivity index (χ0n) is 9.56. The summed E-state index contributed by atoms with van der Waals surface area (Å²) in [6.07, 6.45) is 0. The standard InChI is InChI=1S/C15H11FO2/c16-13-6-8-14(9-7-13)18-15-5-1-3-12(11-15)4-2-10-17/h1,3,5-9,11,17H,10H2. The molecule has 0 aliphatic rings. The largest absolute Gasteiger partial charge is 0.457 e. The fourth-order valence-electron chi connectivity index (χ4n) is 1.42. The average molecular weight is 242 g/mol. The Kier molecular flexibility index (Phi) is 3.95. The van der Waals surface area contributed by atoms with Gasteiger partial charge in [0.05, 0.1) is 0 Å². The predicted octanol–water partition coefficient (Wildman–Crippen LogP) is 2.96. The predicted molar refractivity (Wildman–Crippen MR) is 66.9 cm³/mol. The zero-order chi connectivity index (χ0) is 12.8. The minimum atomic E-state index is -0.301. The fourth-order valence-corrected chi connectivity index (χ4v) is 1.42. The third kappa shape index (κ3) is 3.34. The first kappa shape index (κ1) is 12.2. The molecule has 0 bridgehead atoms. The molecule has 90 valence electrons. The molecule has 0 aliphatic carbocycles. The zero-order valence-corrected chi connectivity index (χ0v) is 9.56. The number of hydrogen-bond acceptors (Lipinski definition) is 2. The Balaban J connectivity index is 2.16. The quantitative estimate of drug-likeness (QED) is 0.820. The molecule has 0 aromatic heterocycles. The lowest BCUT2D eigenvalue weighted by Crippen LogP contribution is -1.85. The van der Waals surface area contributed by atoms with Gasteiger partial charge in [0.1, 0.15) is 23.9 Å². The number of ether oxygens (including phenoxy) is 1. The molecule has 18 heavy (non-hydrogen) atoms. The molecule has 0 unspecified atom stereocenters. The Morgan fingerprint density at radius 3 is 2.56 bits per heavy atom. The van der Waals surface area contributed by atoms with Crippen molar-refractivity contribution in [1.29, 1.82) is 0 Å². The van der Waals surface area contributed by atoms with Gasteiger partial charge in [0.2, 0.25) is 0 Å². The third-order valence-electron chi connectivity index (χ3n) is 2.20. The monoisotopic (exact) mass is 242 g/mol. The van der Waals surface area contributed by atoms with Crippen molar-refractivity contribution < 1.29 is 14.2 Å². The average Bonchev–Trinajstić information content (AvgIpc) is 2.40. The maximum absolute atomic E-state index is 12.7. The van der Waals surface area contributed by atoms with E-state index >= 15 is 0 Å². The van der Waals surface area contributed by atoms with Crippen LogP contribution < -0.4 is 4.74 Å². The molecule has 0 heterocycles. The van der Waals surface area contributed by atoms with E-state index in [0.717, 1.165) is 5.56 Å². The molecule has 0 aliphatic heterocycles. The van der Waals surface area contributed by atoms with Crippen LogP contribution in [0, 0.1) is 17.7 Å². The van der Waals surface area contributed by atoms with Gasteiger partial charge in [-0.15, -0.1) is 0 Å². The highest BCUT2D eigenvalue weighted by molar-refractivity contribution is 5.41. The van der Waals surface area contributed by atoms with E-state index in [0.29, 0.717) is 11.5 Å². The number of benzene rings is 2. The highest BCUT2D eigenvalue weighted by atomic mass is 19.1. The summed E-state index contributed by atoms with van der Waals surface area (Å²) >= 11 is 0. The van der Waals surface area contributed by atoms with Crippen molar-refractivity contribution in [2.24, 2.45) is 0 Å². The van der Waals surface area contributed by atoms with Crippen molar-refractivity contribution in [2.45, 2.75) is 0 Å². The van der Waals surface area contributed by atoms with Crippen LogP contribution in [0.2, 0.25) is 0 Å². The van der Waals surface area contributed by atoms with E-state index in [4.69, 9.17) is 9.84 Å². The summed E-state index contributed by atoms with van der Waals surface area (Å²) in [4.78, 5) is 0. The van der Waals surface area contributed by atoms with Gasteiger partial charge in [-0.3, -0.25) is 0 Å². The van der Waals surface area contributed by atoms with E-state index in [-0.39, 0.29) is 12.4 Å². The Morgan fingerprint density at radius 2 is 1.83 bits per heavy atom. The topological polar surface area (TPSA) is 29.5 Å². The first-order valence-corrected chi connectivity index (χ1v) is 5.41. The molecule has 2 nitrogen and oxygen atoms in total. The van der Waals surface area contributed by atoms with Crippen molar-refractivity contribution in [3.8, 4) is 23.3 Å². The van der Waals surface area contributed by atoms with Crippen molar-refractivity contribution in [2.75, 3.05) is 6.61 Å². The van der Waals surface area contributed by atoms with E-state index in [1.165, 1.54) is 12.1 Å². The van der Waals surface area contributed by atoms with Crippen molar-refractivity contribution in [3.05, 3.63) is 59.9 Å². The van der Waals surface area contributed by atoms with E-state index in [2.05, 4.69) is 11.8 Å². The minimum Gasteiger partial charge on any atom is -0.457 e. The fraction of sp³-hybridized carbons (Fsp3) is 0.0667. The van der Waals surface area contributed by atoms with Crippen LogP contribution in [0.3, 0.4) is 0 Å². The van der Waals surface area contributed by atoms with Gasteiger partial charge in [-0.1, -0.05) is 17.9 Å². The second kappa shape index (κ2) is 5.85. The smallest absolute Gasteiger partial charge is 0.128 e. The Morgan fingerprint density at radius 1 is 1.06 bits per heavy atom. The van der Waals surface area contributed by atoms with E-state index in [1.807, 2.05) is 6.07 Å². The van der Waals surface area contributed by atoms with Crippen LogP contribution >= 0.6 is 0 Å². The summed E-state index contributed by atoms with van der Waals surface area (Å²) in [5.41, 5.74) is 0.753. The van der Waals surface area contributed by atoms with Crippen LogP contribution in [-0.2, 0) is 0 Å². The molecule has 2 rings (SSSR count). The number of aliphatic hydroxyl groups is 1. The Bertz CT molecular complexity index is 579. The number of halogens is 1. The molecule has 2 aromatic carbocycles. The van der Waals surface area contributed by atoms with Crippen molar-refractivity contribution in [1.82, 2.24) is 0 Å². The lowest BCUT2D eigenvalue weighted by Gasteiger charge is -2.05. The van der Waals surface area contributed by atoms with Crippen LogP contribution in [-0.4, -0.2) is 11.7 Å². The number of aliphatic hydroxyl groups excluding tert-OH is 1. The van der Waals surface area contributed by atoms with E-state index < -0.39 is 0 Å². The van der Waals surface area contributed by atoms with Crippen LogP contribution in [0.4, 0.5) is 4.39 Å². The maximum Gasteiger partial charge on any atom is 0.128 e. The molecule has 0 radical (unpaired) electrons. The maximum atomic E-state index is 12.7. The molecule has 2 aromatic rings. The van der Waals surface area contributed by atoms with Gasteiger partial charge >= 0.3 is 0 Å². The molecule has 0 saturated heterocycles. The lowest BCUT2D eigenvalue weighted by molar-refractivity contribution is 0.350. The second-order valence-electron chi connectivity index (χ2n) is 3.54. The summed E-state index contributed by atoms with van der Waals surface area (Å²) in [5, 5.41) is 8.62. The van der Waals surface area contributed by atoms with Crippen LogP contribution in [0.25, 0.3) is 0 Å². The molecule has 0 atom stereocenters. The second-order valence-corrected chi connectivity index (χ2v) is 3.54. The number of hydrogen-bond donors (Lipinski definition) is 1. The van der Waals surface area contributed by atoms with Gasteiger partial charge in [0, 0.05) is 5.56 Å². The normalized spacial score (nSPS) is 9.44. The van der Waals surface area contributed by atoms with E-state index in [1.54, 1.807) is 30.3 Å². The van der Waals surface area contributed by atoms with Crippen LogP contribution in [0.1, 0.15) is 5.56 Å². The molecule has 0 fully saturated rings. The summed E-state index contributed by atoms with van der Waals surface area (Å²) < 4.78 is 18.3. The van der Waals surface area contributed by atoms with Crippen molar-refractivity contribution >= 4 is 0 Å². The van der Waals surface area contributed by atoms with Crippen LogP contribution in [0.5, 0.6) is 11.5 Å². The lowest BCUT2D eigenvalue weighted by atomic mass is 10.2. The molecule has 0 saturated carbocycles. The van der Waals surface area contributed by atoms with Gasteiger partial charge < -0.3 is 9.84 Å². The van der Waals surface area contributed by atoms with Gasteiger partial charge in [0.25, 0.3) is 0 Å². The molecule has 0 amide bonds. The summed E-state index contributed by atoms with van der Waals surface area (Å²) in [6.45, 7) is -0.178.